The molecular weight excluding hydrogens is 364 g/mol. The van der Waals surface area contributed by atoms with Gasteiger partial charge in [0.15, 0.2) is 0 Å². The largest absolute Gasteiger partial charge is 0.490 e. The first kappa shape index (κ1) is 19.2. The van der Waals surface area contributed by atoms with Crippen LogP contribution in [0.15, 0.2) is 60.7 Å². The van der Waals surface area contributed by atoms with Crippen molar-refractivity contribution in [3.63, 3.8) is 0 Å². The van der Waals surface area contributed by atoms with Gasteiger partial charge in [0.2, 0.25) is 0 Å². The lowest BCUT2D eigenvalue weighted by molar-refractivity contribution is -0.140. The number of carbonyl (C=O) groups excluding carboxylic acids is 1. The molecule has 0 N–H and O–H groups in total. The molecule has 0 saturated heterocycles. The van der Waals surface area contributed by atoms with E-state index < -0.39 is 5.97 Å². The van der Waals surface area contributed by atoms with Crippen LogP contribution in [-0.2, 0) is 14.3 Å². The lowest BCUT2D eigenvalue weighted by atomic mass is 10.0. The zero-order valence-corrected chi connectivity index (χ0v) is 15.9. The van der Waals surface area contributed by atoms with E-state index in [1.54, 1.807) is 6.92 Å². The van der Waals surface area contributed by atoms with Crippen molar-refractivity contribution in [3.8, 4) is 5.75 Å². The van der Waals surface area contributed by atoms with Crippen LogP contribution in [0.25, 0.3) is 21.5 Å². The third kappa shape index (κ3) is 4.79. The van der Waals surface area contributed by atoms with Gasteiger partial charge in [0, 0.05) is 21.4 Å². The highest BCUT2D eigenvalue weighted by Crippen LogP contribution is 2.36. The van der Waals surface area contributed by atoms with Crippen LogP contribution >= 0.6 is 11.6 Å². The summed E-state index contributed by atoms with van der Waals surface area (Å²) < 4.78 is 16.5. The maximum atomic E-state index is 11.3. The van der Waals surface area contributed by atoms with Crippen molar-refractivity contribution < 1.29 is 19.0 Å². The summed E-state index contributed by atoms with van der Waals surface area (Å²) in [4.78, 5) is 11.3. The van der Waals surface area contributed by atoms with Gasteiger partial charge in [-0.1, -0.05) is 48.5 Å². The molecule has 0 saturated carbocycles. The van der Waals surface area contributed by atoms with Crippen LogP contribution in [-0.4, -0.2) is 32.4 Å². The van der Waals surface area contributed by atoms with Crippen LogP contribution in [0.3, 0.4) is 0 Å². The van der Waals surface area contributed by atoms with Gasteiger partial charge in [-0.3, -0.25) is 0 Å². The Morgan fingerprint density at radius 3 is 2.52 bits per heavy atom. The minimum Gasteiger partial charge on any atom is -0.490 e. The molecule has 0 fully saturated rings. The van der Waals surface area contributed by atoms with Crippen LogP contribution in [0.4, 0.5) is 0 Å². The fraction of sp³-hybridized carbons (Fsp3) is 0.227. The van der Waals surface area contributed by atoms with E-state index in [0.29, 0.717) is 30.4 Å². The number of hydrogen-bond donors (Lipinski definition) is 0. The fourth-order valence-electron chi connectivity index (χ4n) is 2.77. The zero-order chi connectivity index (χ0) is 19.2. The number of benzene rings is 3. The Kier molecular flexibility index (Phi) is 6.32. The van der Waals surface area contributed by atoms with Crippen molar-refractivity contribution in [1.82, 2.24) is 0 Å². The van der Waals surface area contributed by atoms with Crippen LogP contribution in [0.2, 0.25) is 5.02 Å². The van der Waals surface area contributed by atoms with Gasteiger partial charge in [-0.05, 0) is 35.9 Å². The fourth-order valence-corrected chi connectivity index (χ4v) is 2.94. The molecule has 0 aliphatic carbocycles. The molecule has 0 bridgehead atoms. The van der Waals surface area contributed by atoms with Crippen molar-refractivity contribution in [2.24, 2.45) is 0 Å². The lowest BCUT2D eigenvalue weighted by Crippen LogP contribution is -2.14. The molecule has 3 aromatic rings. The second-order valence-electron chi connectivity index (χ2n) is 6.17. The molecule has 5 heteroatoms. The van der Waals surface area contributed by atoms with Crippen molar-refractivity contribution in [2.75, 3.05) is 26.4 Å². The van der Waals surface area contributed by atoms with Gasteiger partial charge in [-0.25, -0.2) is 4.79 Å². The maximum absolute atomic E-state index is 11.3. The molecule has 4 nitrogen and oxygen atoms in total. The van der Waals surface area contributed by atoms with Gasteiger partial charge in [-0.15, -0.1) is 0 Å². The molecule has 3 aromatic carbocycles. The van der Waals surface area contributed by atoms with Gasteiger partial charge in [0.25, 0.3) is 0 Å². The Bertz CT molecular complexity index is 981. The third-order valence-electron chi connectivity index (χ3n) is 4.06. The average molecular weight is 385 g/mol. The summed E-state index contributed by atoms with van der Waals surface area (Å²) in [6.45, 7) is 6.40. The average Bonchev–Trinajstić information content (AvgIpc) is 2.66. The number of carbonyl (C=O) groups is 1. The number of halogens is 1. The summed E-state index contributed by atoms with van der Waals surface area (Å²) in [5.41, 5.74) is 0.375. The van der Waals surface area contributed by atoms with Gasteiger partial charge in [0.05, 0.1) is 13.2 Å². The van der Waals surface area contributed by atoms with Crippen molar-refractivity contribution in [1.29, 1.82) is 0 Å². The number of fused-ring (bicyclic) bond motifs is 2. The number of esters is 1. The molecule has 0 heterocycles. The van der Waals surface area contributed by atoms with Crippen LogP contribution in [0.5, 0.6) is 5.75 Å². The normalized spacial score (nSPS) is 10.9. The number of rotatable bonds is 8. The molecule has 0 atom stereocenters. The number of hydrogen-bond acceptors (Lipinski definition) is 4. The summed E-state index contributed by atoms with van der Waals surface area (Å²) in [6, 6.07) is 16.0. The van der Waals surface area contributed by atoms with E-state index in [-0.39, 0.29) is 6.61 Å². The maximum Gasteiger partial charge on any atom is 0.333 e. The first-order valence-corrected chi connectivity index (χ1v) is 9.08. The van der Waals surface area contributed by atoms with Gasteiger partial charge >= 0.3 is 5.97 Å². The van der Waals surface area contributed by atoms with E-state index >= 15 is 0 Å². The Balaban J connectivity index is 1.64. The standard InChI is InChI=1S/C22H21ClO4/c1-15(2)22(24)27-12-10-25-9-11-26-21-19-6-4-3-5-16(19)13-17-7-8-18(23)14-20(17)21/h3-8,13-14H,1,9-12H2,2H3. The molecule has 0 aliphatic heterocycles. The smallest absolute Gasteiger partial charge is 0.333 e. The van der Waals surface area contributed by atoms with Crippen LogP contribution in [0, 0.1) is 0 Å². The topological polar surface area (TPSA) is 44.8 Å². The molecule has 0 spiro atoms. The molecular formula is C22H21ClO4. The SMILES string of the molecule is C=C(C)C(=O)OCCOCCOc1c2ccccc2cc2ccc(Cl)cc12. The molecule has 0 aromatic heterocycles. The first-order chi connectivity index (χ1) is 13.1. The molecule has 0 radical (unpaired) electrons. The van der Waals surface area contributed by atoms with E-state index in [1.165, 1.54) is 0 Å². The van der Waals surface area contributed by atoms with E-state index in [1.807, 2.05) is 36.4 Å². The van der Waals surface area contributed by atoms with E-state index in [2.05, 4.69) is 18.7 Å². The summed E-state index contributed by atoms with van der Waals surface area (Å²) in [6.07, 6.45) is 0. The summed E-state index contributed by atoms with van der Waals surface area (Å²) in [5, 5.41) is 4.84. The molecule has 0 amide bonds. The van der Waals surface area contributed by atoms with E-state index in [9.17, 15) is 4.79 Å². The predicted octanol–water partition coefficient (Wildman–Crippen LogP) is 5.16. The second-order valence-corrected chi connectivity index (χ2v) is 6.61. The monoisotopic (exact) mass is 384 g/mol. The minimum absolute atomic E-state index is 0.193. The summed E-state index contributed by atoms with van der Waals surface area (Å²) in [5.74, 6) is 0.386. The highest BCUT2D eigenvalue weighted by molar-refractivity contribution is 6.31. The first-order valence-electron chi connectivity index (χ1n) is 8.70. The molecule has 3 rings (SSSR count). The van der Waals surface area contributed by atoms with Crippen molar-refractivity contribution in [3.05, 3.63) is 65.7 Å². The van der Waals surface area contributed by atoms with Crippen LogP contribution < -0.4 is 4.74 Å². The second kappa shape index (κ2) is 8.89. The highest BCUT2D eigenvalue weighted by Gasteiger charge is 2.09. The number of ether oxygens (including phenoxy) is 3. The highest BCUT2D eigenvalue weighted by atomic mass is 35.5. The van der Waals surface area contributed by atoms with E-state index in [4.69, 9.17) is 25.8 Å². The predicted molar refractivity (Wildman–Crippen MR) is 109 cm³/mol. The van der Waals surface area contributed by atoms with Gasteiger partial charge in [0.1, 0.15) is 19.0 Å². The Morgan fingerprint density at radius 2 is 1.70 bits per heavy atom. The molecule has 27 heavy (non-hydrogen) atoms. The molecule has 0 unspecified atom stereocenters. The summed E-state index contributed by atoms with van der Waals surface area (Å²) >= 11 is 6.18. The quantitative estimate of drug-likeness (QED) is 0.233. The minimum atomic E-state index is -0.408. The molecule has 140 valence electrons. The Morgan fingerprint density at radius 1 is 0.963 bits per heavy atom. The van der Waals surface area contributed by atoms with Crippen LogP contribution in [0.1, 0.15) is 6.92 Å². The van der Waals surface area contributed by atoms with Gasteiger partial charge in [-0.2, -0.15) is 0 Å². The van der Waals surface area contributed by atoms with E-state index in [0.717, 1.165) is 27.3 Å². The Labute approximate surface area is 163 Å². The molecule has 0 aliphatic rings. The zero-order valence-electron chi connectivity index (χ0n) is 15.2. The third-order valence-corrected chi connectivity index (χ3v) is 4.29. The Hall–Kier alpha value is -2.56. The van der Waals surface area contributed by atoms with Crippen molar-refractivity contribution >= 4 is 39.1 Å². The van der Waals surface area contributed by atoms with Crippen molar-refractivity contribution in [2.45, 2.75) is 6.92 Å². The lowest BCUT2D eigenvalue weighted by Gasteiger charge is -2.14. The van der Waals surface area contributed by atoms with Gasteiger partial charge < -0.3 is 14.2 Å². The summed E-state index contributed by atoms with van der Waals surface area (Å²) in [7, 11) is 0.